The van der Waals surface area contributed by atoms with E-state index in [0.717, 1.165) is 27.9 Å². The highest BCUT2D eigenvalue weighted by molar-refractivity contribution is 5.89. The molecule has 3 aromatic rings. The monoisotopic (exact) mass is 414 g/mol. The maximum Gasteiger partial charge on any atom is 0.406 e. The number of methoxy groups -OCH3 is 1. The molecule has 0 aromatic carbocycles. The molecule has 0 saturated heterocycles. The van der Waals surface area contributed by atoms with Gasteiger partial charge in [-0.05, 0) is 40.7 Å². The van der Waals surface area contributed by atoms with Crippen molar-refractivity contribution in [2.75, 3.05) is 13.7 Å². The second kappa shape index (κ2) is 8.33. The highest BCUT2D eigenvalue weighted by atomic mass is 16.5. The van der Waals surface area contributed by atoms with Crippen LogP contribution in [0, 0.1) is 6.92 Å². The number of rotatable bonds is 6. The van der Waals surface area contributed by atoms with Gasteiger partial charge in [0.2, 0.25) is 5.88 Å². The molecule has 162 valence electrons. The van der Waals surface area contributed by atoms with Crippen LogP contribution in [0.15, 0.2) is 18.5 Å². The summed E-state index contributed by atoms with van der Waals surface area (Å²) in [5.74, 6) is 0.530. The van der Waals surface area contributed by atoms with Crippen molar-refractivity contribution in [3.63, 3.8) is 0 Å². The number of amides is 1. The van der Waals surface area contributed by atoms with Gasteiger partial charge in [0.25, 0.3) is 0 Å². The molecule has 0 aliphatic heterocycles. The molecule has 0 unspecified atom stereocenters. The number of ether oxygens (including phenoxy) is 2. The molecule has 0 fully saturated rings. The molecule has 30 heavy (non-hydrogen) atoms. The van der Waals surface area contributed by atoms with E-state index in [-0.39, 0.29) is 11.6 Å². The molecule has 1 N–H and O–H groups in total. The van der Waals surface area contributed by atoms with Gasteiger partial charge in [-0.25, -0.2) is 9.78 Å². The largest absolute Gasteiger partial charge is 0.474 e. The van der Waals surface area contributed by atoms with Crippen LogP contribution < -0.4 is 10.1 Å². The number of alkyl carbamates (subject to hydrolysis) is 1. The fourth-order valence-electron chi connectivity index (χ4n) is 3.08. The summed E-state index contributed by atoms with van der Waals surface area (Å²) in [6, 6.07) is 1.96. The molecule has 0 aliphatic rings. The number of hydrogen-bond acceptors (Lipinski definition) is 6. The second-order valence-corrected chi connectivity index (χ2v) is 8.40. The molecule has 0 aliphatic carbocycles. The zero-order valence-electron chi connectivity index (χ0n) is 18.7. The van der Waals surface area contributed by atoms with E-state index in [1.165, 1.54) is 7.11 Å². The molecule has 0 spiro atoms. The first kappa shape index (κ1) is 21.6. The molecule has 1 atom stereocenters. The van der Waals surface area contributed by atoms with Crippen LogP contribution >= 0.6 is 0 Å². The van der Waals surface area contributed by atoms with E-state index in [4.69, 9.17) is 9.72 Å². The molecular weight excluding hydrogens is 384 g/mol. The summed E-state index contributed by atoms with van der Waals surface area (Å²) in [5.41, 5.74) is 3.33. The van der Waals surface area contributed by atoms with Crippen LogP contribution in [0.5, 0.6) is 5.88 Å². The summed E-state index contributed by atoms with van der Waals surface area (Å²) in [5, 5.41) is 12.6. The summed E-state index contributed by atoms with van der Waals surface area (Å²) in [4.78, 5) is 16.0. The molecule has 9 heteroatoms. The number of nitrogens with one attached hydrogen (secondary N) is 1. The zero-order chi connectivity index (χ0) is 22.1. The van der Waals surface area contributed by atoms with Crippen molar-refractivity contribution in [3.8, 4) is 17.1 Å². The number of carbonyl (C=O) groups excluding carboxylic acids is 1. The number of hydrogen-bond donors (Lipinski definition) is 1. The van der Waals surface area contributed by atoms with Gasteiger partial charge in [-0.1, -0.05) is 0 Å². The number of fused-ring (bicyclic) bond motifs is 1. The molecule has 3 heterocycles. The first-order valence-electron chi connectivity index (χ1n) is 9.98. The average Bonchev–Trinajstić information content (AvgIpc) is 3.27. The highest BCUT2D eigenvalue weighted by Gasteiger charge is 2.20. The van der Waals surface area contributed by atoms with Crippen LogP contribution in [0.4, 0.5) is 4.79 Å². The van der Waals surface area contributed by atoms with Gasteiger partial charge in [0, 0.05) is 37.5 Å². The minimum Gasteiger partial charge on any atom is -0.474 e. The minimum absolute atomic E-state index is 0.121. The Labute approximate surface area is 176 Å². The quantitative estimate of drug-likeness (QED) is 0.664. The van der Waals surface area contributed by atoms with Crippen LogP contribution in [0.1, 0.15) is 39.8 Å². The Morgan fingerprint density at radius 3 is 2.70 bits per heavy atom. The van der Waals surface area contributed by atoms with Gasteiger partial charge in [0.15, 0.2) is 0 Å². The van der Waals surface area contributed by atoms with Crippen LogP contribution in [0.3, 0.4) is 0 Å². The van der Waals surface area contributed by atoms with Gasteiger partial charge in [-0.3, -0.25) is 9.36 Å². The molecule has 0 saturated carbocycles. The van der Waals surface area contributed by atoms with Crippen molar-refractivity contribution in [1.29, 1.82) is 0 Å². The Morgan fingerprint density at radius 2 is 2.07 bits per heavy atom. The third-order valence-electron chi connectivity index (χ3n) is 4.95. The Bertz CT molecular complexity index is 1050. The number of aromatic nitrogens is 5. The maximum absolute atomic E-state index is 11.2. The third-order valence-corrected chi connectivity index (χ3v) is 4.95. The molecule has 1 amide bonds. The fourth-order valence-corrected chi connectivity index (χ4v) is 3.08. The lowest BCUT2D eigenvalue weighted by Crippen LogP contribution is -2.27. The van der Waals surface area contributed by atoms with Crippen molar-refractivity contribution in [3.05, 3.63) is 24.2 Å². The lowest BCUT2D eigenvalue weighted by molar-refractivity contribution is 0.166. The van der Waals surface area contributed by atoms with E-state index >= 15 is 0 Å². The summed E-state index contributed by atoms with van der Waals surface area (Å²) >= 11 is 0. The molecule has 0 bridgehead atoms. The van der Waals surface area contributed by atoms with E-state index in [1.54, 1.807) is 0 Å². The molecule has 3 aromatic heterocycles. The number of aryl methyl sites for hydroxylation is 2. The molecule has 0 radical (unpaired) electrons. The van der Waals surface area contributed by atoms with Gasteiger partial charge in [-0.2, -0.15) is 10.2 Å². The Balaban J connectivity index is 1.92. The van der Waals surface area contributed by atoms with Crippen molar-refractivity contribution in [1.82, 2.24) is 29.9 Å². The summed E-state index contributed by atoms with van der Waals surface area (Å²) in [6.45, 7) is 10.7. The third kappa shape index (κ3) is 4.55. The lowest BCUT2D eigenvalue weighted by atomic mass is 10.1. The second-order valence-electron chi connectivity index (χ2n) is 8.40. The van der Waals surface area contributed by atoms with Gasteiger partial charge in [-0.15, -0.1) is 0 Å². The number of pyridine rings is 1. The standard InChI is InChI=1S/C21H30N6O3/c1-13(8-9-22-20(28)29-7)30-19-18-14(2)26(6)25-17(18)10-16(24-19)15-11-23-27(12-15)21(3,4)5/h10-13H,8-9H2,1-7H3,(H,22,28)/t13-/m1/s1. The van der Waals surface area contributed by atoms with Crippen molar-refractivity contribution in [2.24, 2.45) is 7.05 Å². The first-order chi connectivity index (χ1) is 14.1. The summed E-state index contributed by atoms with van der Waals surface area (Å²) in [7, 11) is 3.24. The van der Waals surface area contributed by atoms with Crippen molar-refractivity contribution in [2.45, 2.75) is 52.7 Å². The number of nitrogens with zero attached hydrogens (tertiary/aromatic N) is 5. The Hall–Kier alpha value is -3.10. The topological polar surface area (TPSA) is 96.1 Å². The average molecular weight is 415 g/mol. The maximum atomic E-state index is 11.2. The van der Waals surface area contributed by atoms with Crippen LogP contribution in [-0.2, 0) is 17.3 Å². The SMILES string of the molecule is COC(=O)NCC[C@@H](C)Oc1nc(-c2cnn(C(C)(C)C)c2)cc2nn(C)c(C)c12. The normalized spacial score (nSPS) is 12.8. The van der Waals surface area contributed by atoms with Crippen molar-refractivity contribution < 1.29 is 14.3 Å². The molecular formula is C21H30N6O3. The molecule has 9 nitrogen and oxygen atoms in total. The summed E-state index contributed by atoms with van der Waals surface area (Å²) in [6.07, 6.45) is 3.79. The smallest absolute Gasteiger partial charge is 0.406 e. The number of carbonyl (C=O) groups is 1. The van der Waals surface area contributed by atoms with Crippen LogP contribution in [0.25, 0.3) is 22.2 Å². The lowest BCUT2D eigenvalue weighted by Gasteiger charge is -2.18. The first-order valence-corrected chi connectivity index (χ1v) is 9.98. The van der Waals surface area contributed by atoms with E-state index < -0.39 is 6.09 Å². The predicted octanol–water partition coefficient (Wildman–Crippen LogP) is 3.41. The molecule has 3 rings (SSSR count). The Morgan fingerprint density at radius 1 is 1.33 bits per heavy atom. The van der Waals surface area contributed by atoms with Crippen LogP contribution in [0.2, 0.25) is 0 Å². The van der Waals surface area contributed by atoms with Crippen molar-refractivity contribution >= 4 is 17.0 Å². The van der Waals surface area contributed by atoms with E-state index in [1.807, 2.05) is 48.7 Å². The summed E-state index contributed by atoms with van der Waals surface area (Å²) < 4.78 is 14.5. The minimum atomic E-state index is -0.455. The van der Waals surface area contributed by atoms with Gasteiger partial charge < -0.3 is 14.8 Å². The highest BCUT2D eigenvalue weighted by Crippen LogP contribution is 2.32. The van der Waals surface area contributed by atoms with Gasteiger partial charge in [0.05, 0.1) is 36.0 Å². The van der Waals surface area contributed by atoms with E-state index in [9.17, 15) is 4.79 Å². The van der Waals surface area contributed by atoms with E-state index in [2.05, 4.69) is 41.0 Å². The Kier molecular flexibility index (Phi) is 6.00. The van der Waals surface area contributed by atoms with Gasteiger partial charge >= 0.3 is 6.09 Å². The van der Waals surface area contributed by atoms with Crippen LogP contribution in [-0.4, -0.2) is 50.4 Å². The zero-order valence-corrected chi connectivity index (χ0v) is 18.7. The van der Waals surface area contributed by atoms with Gasteiger partial charge in [0.1, 0.15) is 5.52 Å². The predicted molar refractivity (Wildman–Crippen MR) is 115 cm³/mol. The van der Waals surface area contributed by atoms with E-state index in [0.29, 0.717) is 18.8 Å². The fraction of sp³-hybridized carbons (Fsp3) is 0.524.